The minimum absolute atomic E-state index is 0.615. The molecule has 0 unspecified atom stereocenters. The minimum Gasteiger partial charge on any atom is -0.330 e. The predicted molar refractivity (Wildman–Crippen MR) is 65.0 cm³/mol. The summed E-state index contributed by atoms with van der Waals surface area (Å²) < 4.78 is 0. The molecule has 1 aromatic heterocycles. The lowest BCUT2D eigenvalue weighted by Crippen LogP contribution is -2.04. The molecule has 0 spiro atoms. The van der Waals surface area contributed by atoms with E-state index >= 15 is 0 Å². The van der Waals surface area contributed by atoms with Crippen molar-refractivity contribution >= 4 is 0 Å². The van der Waals surface area contributed by atoms with Crippen LogP contribution in [0.5, 0.6) is 0 Å². The van der Waals surface area contributed by atoms with Crippen molar-refractivity contribution in [1.29, 1.82) is 0 Å². The van der Waals surface area contributed by atoms with Gasteiger partial charge in [0.25, 0.3) is 0 Å². The maximum Gasteiger partial charge on any atom is 0.116 e. The molecule has 16 heavy (non-hydrogen) atoms. The van der Waals surface area contributed by atoms with E-state index in [9.17, 15) is 0 Å². The molecule has 2 N–H and O–H groups in total. The SMILES string of the molecule is Cc1ccc(-c2cc(CCN)ncn2)cc1. The molecule has 0 aliphatic carbocycles. The molecule has 0 aliphatic heterocycles. The highest BCUT2D eigenvalue weighted by molar-refractivity contribution is 5.59. The van der Waals surface area contributed by atoms with Gasteiger partial charge in [-0.05, 0) is 19.5 Å². The van der Waals surface area contributed by atoms with Gasteiger partial charge in [-0.25, -0.2) is 9.97 Å². The molecule has 0 radical (unpaired) electrons. The summed E-state index contributed by atoms with van der Waals surface area (Å²) in [6.45, 7) is 2.69. The van der Waals surface area contributed by atoms with Crippen LogP contribution in [0.3, 0.4) is 0 Å². The predicted octanol–water partition coefficient (Wildman–Crippen LogP) is 1.95. The Hall–Kier alpha value is -1.74. The summed E-state index contributed by atoms with van der Waals surface area (Å²) in [5.41, 5.74) is 9.83. The molecule has 0 atom stereocenters. The Morgan fingerprint density at radius 1 is 1.12 bits per heavy atom. The van der Waals surface area contributed by atoms with Crippen LogP contribution in [0.2, 0.25) is 0 Å². The van der Waals surface area contributed by atoms with Crippen LogP contribution in [0, 0.1) is 6.92 Å². The number of aromatic nitrogens is 2. The fraction of sp³-hybridized carbons (Fsp3) is 0.231. The highest BCUT2D eigenvalue weighted by Gasteiger charge is 2.01. The van der Waals surface area contributed by atoms with Gasteiger partial charge in [-0.2, -0.15) is 0 Å². The van der Waals surface area contributed by atoms with Crippen LogP contribution < -0.4 is 5.73 Å². The van der Waals surface area contributed by atoms with Gasteiger partial charge in [0, 0.05) is 17.7 Å². The lowest BCUT2D eigenvalue weighted by Gasteiger charge is -2.03. The molecular formula is C13H15N3. The lowest BCUT2D eigenvalue weighted by molar-refractivity contribution is 0.911. The molecule has 0 bridgehead atoms. The highest BCUT2D eigenvalue weighted by Crippen LogP contribution is 2.17. The highest BCUT2D eigenvalue weighted by atomic mass is 14.8. The van der Waals surface area contributed by atoms with Gasteiger partial charge in [0.1, 0.15) is 6.33 Å². The third-order valence-electron chi connectivity index (χ3n) is 2.47. The third kappa shape index (κ3) is 2.44. The number of hydrogen-bond acceptors (Lipinski definition) is 3. The van der Waals surface area contributed by atoms with E-state index in [1.807, 2.05) is 6.07 Å². The molecule has 3 nitrogen and oxygen atoms in total. The van der Waals surface area contributed by atoms with Crippen molar-refractivity contribution in [1.82, 2.24) is 9.97 Å². The Bertz CT molecular complexity index is 463. The van der Waals surface area contributed by atoms with E-state index < -0.39 is 0 Å². The second kappa shape index (κ2) is 4.86. The van der Waals surface area contributed by atoms with Crippen molar-refractivity contribution in [3.63, 3.8) is 0 Å². The standard InChI is InChI=1S/C13H15N3/c1-10-2-4-11(5-3-10)13-8-12(6-7-14)15-9-16-13/h2-5,8-9H,6-7,14H2,1H3. The zero-order chi connectivity index (χ0) is 11.4. The summed E-state index contributed by atoms with van der Waals surface area (Å²) in [7, 11) is 0. The van der Waals surface area contributed by atoms with Crippen LogP contribution in [0.4, 0.5) is 0 Å². The van der Waals surface area contributed by atoms with Gasteiger partial charge in [0.2, 0.25) is 0 Å². The number of aryl methyl sites for hydroxylation is 1. The number of hydrogen-bond donors (Lipinski definition) is 1. The summed E-state index contributed by atoms with van der Waals surface area (Å²) >= 11 is 0. The first-order valence-corrected chi connectivity index (χ1v) is 5.37. The lowest BCUT2D eigenvalue weighted by atomic mass is 10.1. The van der Waals surface area contributed by atoms with Crippen molar-refractivity contribution in [2.75, 3.05) is 6.54 Å². The Labute approximate surface area is 95.4 Å². The van der Waals surface area contributed by atoms with Gasteiger partial charge in [0.15, 0.2) is 0 Å². The van der Waals surface area contributed by atoms with Crippen molar-refractivity contribution in [3.8, 4) is 11.3 Å². The first-order valence-electron chi connectivity index (χ1n) is 5.37. The quantitative estimate of drug-likeness (QED) is 0.847. The molecule has 1 aromatic carbocycles. The Kier molecular flexibility index (Phi) is 3.27. The molecule has 3 heteroatoms. The molecule has 1 heterocycles. The van der Waals surface area contributed by atoms with Gasteiger partial charge in [0.05, 0.1) is 5.69 Å². The van der Waals surface area contributed by atoms with E-state index in [-0.39, 0.29) is 0 Å². The van der Waals surface area contributed by atoms with Crippen LogP contribution >= 0.6 is 0 Å². The topological polar surface area (TPSA) is 51.8 Å². The summed E-state index contributed by atoms with van der Waals surface area (Å²) in [4.78, 5) is 8.45. The van der Waals surface area contributed by atoms with Gasteiger partial charge in [-0.1, -0.05) is 29.8 Å². The minimum atomic E-state index is 0.615. The first kappa shape index (κ1) is 10.8. The molecule has 82 valence electrons. The maximum atomic E-state index is 5.51. The van der Waals surface area contributed by atoms with Gasteiger partial charge < -0.3 is 5.73 Å². The van der Waals surface area contributed by atoms with E-state index in [0.29, 0.717) is 6.54 Å². The smallest absolute Gasteiger partial charge is 0.116 e. The summed E-state index contributed by atoms with van der Waals surface area (Å²) in [5.74, 6) is 0. The Morgan fingerprint density at radius 2 is 1.88 bits per heavy atom. The molecular weight excluding hydrogens is 198 g/mol. The first-order chi connectivity index (χ1) is 7.79. The maximum absolute atomic E-state index is 5.51. The summed E-state index contributed by atoms with van der Waals surface area (Å²) in [6, 6.07) is 10.3. The number of rotatable bonds is 3. The average molecular weight is 213 g/mol. The number of nitrogens with two attached hydrogens (primary N) is 1. The van der Waals surface area contributed by atoms with E-state index in [1.54, 1.807) is 6.33 Å². The molecule has 0 aliphatic rings. The molecule has 2 rings (SSSR count). The largest absolute Gasteiger partial charge is 0.330 e. The van der Waals surface area contributed by atoms with Crippen LogP contribution in [0.15, 0.2) is 36.7 Å². The zero-order valence-corrected chi connectivity index (χ0v) is 9.35. The summed E-state index contributed by atoms with van der Waals surface area (Å²) in [5, 5.41) is 0. The fourth-order valence-electron chi connectivity index (χ4n) is 1.56. The Balaban J connectivity index is 2.32. The Morgan fingerprint density at radius 3 is 2.56 bits per heavy atom. The van der Waals surface area contributed by atoms with Gasteiger partial charge in [-0.15, -0.1) is 0 Å². The monoisotopic (exact) mass is 213 g/mol. The van der Waals surface area contributed by atoms with Crippen molar-refractivity contribution in [3.05, 3.63) is 47.9 Å². The molecule has 0 saturated carbocycles. The molecule has 0 amide bonds. The van der Waals surface area contributed by atoms with E-state index in [1.165, 1.54) is 5.56 Å². The van der Waals surface area contributed by atoms with Crippen molar-refractivity contribution in [2.45, 2.75) is 13.3 Å². The van der Waals surface area contributed by atoms with Gasteiger partial charge >= 0.3 is 0 Å². The second-order valence-electron chi connectivity index (χ2n) is 3.80. The van der Waals surface area contributed by atoms with E-state index in [2.05, 4.69) is 41.2 Å². The van der Waals surface area contributed by atoms with Crippen LogP contribution in [0.25, 0.3) is 11.3 Å². The van der Waals surface area contributed by atoms with E-state index in [4.69, 9.17) is 5.73 Å². The van der Waals surface area contributed by atoms with Crippen LogP contribution in [0.1, 0.15) is 11.3 Å². The third-order valence-corrected chi connectivity index (χ3v) is 2.47. The van der Waals surface area contributed by atoms with Gasteiger partial charge in [-0.3, -0.25) is 0 Å². The number of nitrogens with zero attached hydrogens (tertiary/aromatic N) is 2. The van der Waals surface area contributed by atoms with Crippen molar-refractivity contribution in [2.24, 2.45) is 5.73 Å². The van der Waals surface area contributed by atoms with Crippen LogP contribution in [-0.4, -0.2) is 16.5 Å². The fourth-order valence-corrected chi connectivity index (χ4v) is 1.56. The normalized spacial score (nSPS) is 10.4. The molecule has 0 fully saturated rings. The summed E-state index contributed by atoms with van der Waals surface area (Å²) in [6.07, 6.45) is 2.39. The molecule has 2 aromatic rings. The van der Waals surface area contributed by atoms with Crippen LogP contribution in [-0.2, 0) is 6.42 Å². The van der Waals surface area contributed by atoms with E-state index in [0.717, 1.165) is 23.4 Å². The van der Waals surface area contributed by atoms with Crippen molar-refractivity contribution < 1.29 is 0 Å². The zero-order valence-electron chi connectivity index (χ0n) is 9.35. The number of benzene rings is 1. The average Bonchev–Trinajstić information content (AvgIpc) is 2.31. The second-order valence-corrected chi connectivity index (χ2v) is 3.80. The molecule has 0 saturated heterocycles.